The molecule has 2 aliphatic heterocycles. The van der Waals surface area contributed by atoms with E-state index in [9.17, 15) is 0 Å². The van der Waals surface area contributed by atoms with Crippen LogP contribution in [0.1, 0.15) is 27.2 Å². The maximum absolute atomic E-state index is 3.79. The number of nitrogens with zero attached hydrogens (tertiary/aromatic N) is 3. The summed E-state index contributed by atoms with van der Waals surface area (Å²) in [5.74, 6) is 0.696. The summed E-state index contributed by atoms with van der Waals surface area (Å²) in [7, 11) is 2.23. The molecular formula is C20H34N4. The van der Waals surface area contributed by atoms with E-state index in [-0.39, 0.29) is 0 Å². The van der Waals surface area contributed by atoms with E-state index in [0.29, 0.717) is 18.0 Å². The van der Waals surface area contributed by atoms with Gasteiger partial charge in [0.2, 0.25) is 0 Å². The van der Waals surface area contributed by atoms with Crippen molar-refractivity contribution in [1.82, 2.24) is 9.80 Å². The molecule has 2 aliphatic rings. The Morgan fingerprint density at radius 3 is 2.50 bits per heavy atom. The van der Waals surface area contributed by atoms with Gasteiger partial charge in [-0.05, 0) is 58.0 Å². The maximum atomic E-state index is 3.79. The van der Waals surface area contributed by atoms with Crippen molar-refractivity contribution in [2.24, 2.45) is 5.92 Å². The molecule has 1 N–H and O–H groups in total. The lowest BCUT2D eigenvalue weighted by Gasteiger charge is -2.38. The van der Waals surface area contributed by atoms with Crippen molar-refractivity contribution in [2.45, 2.75) is 39.3 Å². The van der Waals surface area contributed by atoms with E-state index in [1.54, 1.807) is 0 Å². The molecule has 0 amide bonds. The average Bonchev–Trinajstić information content (AvgIpc) is 2.58. The summed E-state index contributed by atoms with van der Waals surface area (Å²) in [6, 6.07) is 10.3. The van der Waals surface area contributed by atoms with Gasteiger partial charge in [0.15, 0.2) is 0 Å². The molecule has 4 nitrogen and oxygen atoms in total. The molecule has 0 bridgehead atoms. The lowest BCUT2D eigenvalue weighted by atomic mass is 9.94. The van der Waals surface area contributed by atoms with Gasteiger partial charge in [-0.25, -0.2) is 0 Å². The molecule has 2 heterocycles. The molecule has 0 saturated carbocycles. The van der Waals surface area contributed by atoms with Crippen LogP contribution in [0.4, 0.5) is 11.4 Å². The van der Waals surface area contributed by atoms with E-state index in [4.69, 9.17) is 0 Å². The molecule has 1 aromatic rings. The van der Waals surface area contributed by atoms with Crippen LogP contribution < -0.4 is 10.2 Å². The standard InChI is InChI=1S/C20H34N4/c1-16(2)23-10-12-24(13-11-23)19-7-5-6-18(14-19)21-20-8-9-22(4)15-17(20)3/h5-7,14,16-17,20-21H,8-13,15H2,1-4H3/t17-,20+/m1/s1. The molecular weight excluding hydrogens is 296 g/mol. The molecule has 0 radical (unpaired) electrons. The van der Waals surface area contributed by atoms with E-state index in [1.807, 2.05) is 0 Å². The molecule has 4 heteroatoms. The number of benzene rings is 1. The zero-order valence-corrected chi connectivity index (χ0v) is 15.8. The first-order chi connectivity index (χ1) is 11.5. The van der Waals surface area contributed by atoms with Crippen LogP contribution in [-0.4, -0.2) is 68.2 Å². The summed E-state index contributed by atoms with van der Waals surface area (Å²) in [6.07, 6.45) is 1.23. The molecule has 0 spiro atoms. The Morgan fingerprint density at radius 2 is 1.83 bits per heavy atom. The third kappa shape index (κ3) is 4.22. The van der Waals surface area contributed by atoms with E-state index in [0.717, 1.165) is 13.1 Å². The van der Waals surface area contributed by atoms with Gasteiger partial charge in [0.05, 0.1) is 0 Å². The number of likely N-dealkylation sites (tertiary alicyclic amines) is 1. The summed E-state index contributed by atoms with van der Waals surface area (Å²) < 4.78 is 0. The van der Waals surface area contributed by atoms with Crippen molar-refractivity contribution < 1.29 is 0 Å². The van der Waals surface area contributed by atoms with Crippen molar-refractivity contribution in [3.63, 3.8) is 0 Å². The van der Waals surface area contributed by atoms with Crippen LogP contribution in [0.5, 0.6) is 0 Å². The Kier molecular flexibility index (Phi) is 5.67. The second kappa shape index (κ2) is 7.75. The molecule has 0 aliphatic carbocycles. The first kappa shape index (κ1) is 17.6. The lowest BCUT2D eigenvalue weighted by molar-refractivity contribution is 0.206. The molecule has 1 aromatic carbocycles. The number of nitrogens with one attached hydrogen (secondary N) is 1. The second-order valence-electron chi connectivity index (χ2n) is 7.95. The second-order valence-corrected chi connectivity index (χ2v) is 7.95. The molecule has 2 fully saturated rings. The third-order valence-electron chi connectivity index (χ3n) is 5.72. The van der Waals surface area contributed by atoms with E-state index in [2.05, 4.69) is 72.1 Å². The van der Waals surface area contributed by atoms with Crippen LogP contribution in [0.25, 0.3) is 0 Å². The highest BCUT2D eigenvalue weighted by molar-refractivity contribution is 5.58. The predicted molar refractivity (Wildman–Crippen MR) is 104 cm³/mol. The van der Waals surface area contributed by atoms with Crippen LogP contribution in [-0.2, 0) is 0 Å². The van der Waals surface area contributed by atoms with Crippen LogP contribution in [0, 0.1) is 5.92 Å². The summed E-state index contributed by atoms with van der Waals surface area (Å²) in [4.78, 5) is 7.54. The van der Waals surface area contributed by atoms with Crippen molar-refractivity contribution in [3.8, 4) is 0 Å². The normalized spacial score (nSPS) is 26.8. The Balaban J connectivity index is 1.60. The molecule has 0 aromatic heterocycles. The summed E-state index contributed by atoms with van der Waals surface area (Å²) >= 11 is 0. The fraction of sp³-hybridized carbons (Fsp3) is 0.700. The number of anilines is 2. The molecule has 134 valence electrons. The first-order valence-electron chi connectivity index (χ1n) is 9.57. The van der Waals surface area contributed by atoms with E-state index < -0.39 is 0 Å². The largest absolute Gasteiger partial charge is 0.382 e. The fourth-order valence-electron chi connectivity index (χ4n) is 4.07. The number of piperazine rings is 1. The van der Waals surface area contributed by atoms with Gasteiger partial charge in [-0.1, -0.05) is 13.0 Å². The van der Waals surface area contributed by atoms with Gasteiger partial charge in [0, 0.05) is 56.2 Å². The lowest BCUT2D eigenvalue weighted by Crippen LogP contribution is -2.48. The van der Waals surface area contributed by atoms with Crippen molar-refractivity contribution >= 4 is 11.4 Å². The maximum Gasteiger partial charge on any atom is 0.0387 e. The van der Waals surface area contributed by atoms with E-state index in [1.165, 1.54) is 44.0 Å². The SMILES string of the molecule is CC(C)N1CCN(c2cccc(N[C@H]3CCN(C)C[C@H]3C)c2)CC1. The highest BCUT2D eigenvalue weighted by atomic mass is 15.3. The number of rotatable bonds is 4. The Bertz CT molecular complexity index is 522. The van der Waals surface area contributed by atoms with Crippen LogP contribution in [0.3, 0.4) is 0 Å². The zero-order valence-electron chi connectivity index (χ0n) is 15.8. The van der Waals surface area contributed by atoms with Gasteiger partial charge in [-0.3, -0.25) is 4.90 Å². The van der Waals surface area contributed by atoms with Gasteiger partial charge in [-0.15, -0.1) is 0 Å². The van der Waals surface area contributed by atoms with Gasteiger partial charge in [0.25, 0.3) is 0 Å². The summed E-state index contributed by atoms with van der Waals surface area (Å²) in [5, 5.41) is 3.79. The van der Waals surface area contributed by atoms with Gasteiger partial charge in [-0.2, -0.15) is 0 Å². The topological polar surface area (TPSA) is 21.8 Å². The molecule has 3 rings (SSSR count). The van der Waals surface area contributed by atoms with Crippen molar-refractivity contribution in [1.29, 1.82) is 0 Å². The smallest absolute Gasteiger partial charge is 0.0387 e. The summed E-state index contributed by atoms with van der Waals surface area (Å²) in [5.41, 5.74) is 2.64. The Morgan fingerprint density at radius 1 is 1.08 bits per heavy atom. The zero-order chi connectivity index (χ0) is 17.1. The third-order valence-corrected chi connectivity index (χ3v) is 5.72. The van der Waals surface area contributed by atoms with Crippen LogP contribution >= 0.6 is 0 Å². The average molecular weight is 331 g/mol. The van der Waals surface area contributed by atoms with Crippen molar-refractivity contribution in [3.05, 3.63) is 24.3 Å². The minimum absolute atomic E-state index is 0.592. The monoisotopic (exact) mass is 330 g/mol. The predicted octanol–water partition coefficient (Wildman–Crippen LogP) is 2.97. The Hall–Kier alpha value is -1.26. The minimum atomic E-state index is 0.592. The van der Waals surface area contributed by atoms with Gasteiger partial charge < -0.3 is 15.1 Å². The fourth-order valence-corrected chi connectivity index (χ4v) is 4.07. The Labute approximate surface area is 147 Å². The van der Waals surface area contributed by atoms with Crippen LogP contribution in [0.15, 0.2) is 24.3 Å². The quantitative estimate of drug-likeness (QED) is 0.916. The van der Waals surface area contributed by atoms with Gasteiger partial charge >= 0.3 is 0 Å². The molecule has 24 heavy (non-hydrogen) atoms. The van der Waals surface area contributed by atoms with Crippen molar-refractivity contribution in [2.75, 3.05) is 56.5 Å². The minimum Gasteiger partial charge on any atom is -0.382 e. The van der Waals surface area contributed by atoms with E-state index >= 15 is 0 Å². The molecule has 0 unspecified atom stereocenters. The highest BCUT2D eigenvalue weighted by Gasteiger charge is 2.24. The van der Waals surface area contributed by atoms with Gasteiger partial charge in [0.1, 0.15) is 0 Å². The molecule has 2 saturated heterocycles. The van der Waals surface area contributed by atoms with Crippen LogP contribution in [0.2, 0.25) is 0 Å². The highest BCUT2D eigenvalue weighted by Crippen LogP contribution is 2.25. The number of hydrogen-bond acceptors (Lipinski definition) is 4. The first-order valence-corrected chi connectivity index (χ1v) is 9.57. The number of piperidine rings is 1. The number of hydrogen-bond donors (Lipinski definition) is 1. The molecule has 2 atom stereocenters. The summed E-state index contributed by atoms with van der Waals surface area (Å²) in [6.45, 7) is 13.9.